The molecule has 0 bridgehead atoms. The summed E-state index contributed by atoms with van der Waals surface area (Å²) in [6, 6.07) is 0.199. The Kier molecular flexibility index (Phi) is 10.8. The first kappa shape index (κ1) is 16.0. The van der Waals surface area contributed by atoms with E-state index >= 15 is 0 Å². The summed E-state index contributed by atoms with van der Waals surface area (Å²) in [7, 11) is 0. The van der Waals surface area contributed by atoms with E-state index in [1.165, 1.54) is 0 Å². The Labute approximate surface area is 105 Å². The summed E-state index contributed by atoms with van der Waals surface area (Å²) in [5.41, 5.74) is 0. The maximum absolute atomic E-state index is 11.1. The van der Waals surface area contributed by atoms with Gasteiger partial charge in [-0.1, -0.05) is 25.7 Å². The highest BCUT2D eigenvalue weighted by Gasteiger charge is 2.03. The minimum atomic E-state index is -0.0899. The molecule has 0 saturated carbocycles. The van der Waals surface area contributed by atoms with E-state index in [2.05, 4.69) is 18.2 Å². The fraction of sp³-hybridized carbons (Fsp3) is 0.786. The average Bonchev–Trinajstić information content (AvgIpc) is 2.32. The molecule has 17 heavy (non-hydrogen) atoms. The molecule has 0 aromatic rings. The first-order chi connectivity index (χ1) is 8.24. The summed E-state index contributed by atoms with van der Waals surface area (Å²) in [5, 5.41) is 3.33. The molecule has 0 heterocycles. The van der Waals surface area contributed by atoms with E-state index in [1.54, 1.807) is 0 Å². The summed E-state index contributed by atoms with van der Waals surface area (Å²) in [6.45, 7) is 5.36. The zero-order chi connectivity index (χ0) is 12.9. The number of hydrogen-bond donors (Lipinski definition) is 1. The highest BCUT2D eigenvalue weighted by atomic mass is 16.5. The SMILES string of the molecule is C#CC(CCC)NCCCCCC(=O)OCC. The van der Waals surface area contributed by atoms with Gasteiger partial charge in [0.25, 0.3) is 0 Å². The van der Waals surface area contributed by atoms with Crippen molar-refractivity contribution in [2.75, 3.05) is 13.2 Å². The Morgan fingerprint density at radius 3 is 2.71 bits per heavy atom. The minimum absolute atomic E-state index is 0.0899. The first-order valence-electron chi connectivity index (χ1n) is 6.59. The maximum atomic E-state index is 11.1. The van der Waals surface area contributed by atoms with Gasteiger partial charge in [-0.2, -0.15) is 0 Å². The quantitative estimate of drug-likeness (QED) is 0.361. The average molecular weight is 239 g/mol. The van der Waals surface area contributed by atoms with Gasteiger partial charge in [0.2, 0.25) is 0 Å². The molecule has 3 heteroatoms. The monoisotopic (exact) mass is 239 g/mol. The lowest BCUT2D eigenvalue weighted by Gasteiger charge is -2.11. The molecule has 1 N–H and O–H groups in total. The van der Waals surface area contributed by atoms with Crippen molar-refractivity contribution in [2.45, 2.75) is 58.4 Å². The van der Waals surface area contributed by atoms with Gasteiger partial charge in [0.05, 0.1) is 12.6 Å². The normalized spacial score (nSPS) is 11.8. The van der Waals surface area contributed by atoms with Gasteiger partial charge < -0.3 is 10.1 Å². The van der Waals surface area contributed by atoms with Crippen molar-refractivity contribution in [1.29, 1.82) is 0 Å². The maximum Gasteiger partial charge on any atom is 0.305 e. The molecular formula is C14H25NO2. The summed E-state index contributed by atoms with van der Waals surface area (Å²) in [5.74, 6) is 2.65. The zero-order valence-electron chi connectivity index (χ0n) is 11.1. The van der Waals surface area contributed by atoms with Gasteiger partial charge in [-0.25, -0.2) is 0 Å². The summed E-state index contributed by atoms with van der Waals surface area (Å²) < 4.78 is 4.85. The fourth-order valence-electron chi connectivity index (χ4n) is 1.61. The van der Waals surface area contributed by atoms with E-state index in [1.807, 2.05) is 6.92 Å². The first-order valence-corrected chi connectivity index (χ1v) is 6.59. The van der Waals surface area contributed by atoms with Crippen LogP contribution in [0.3, 0.4) is 0 Å². The van der Waals surface area contributed by atoms with Gasteiger partial charge in [-0.15, -0.1) is 6.42 Å². The molecular weight excluding hydrogens is 214 g/mol. The number of hydrogen-bond acceptors (Lipinski definition) is 3. The predicted molar refractivity (Wildman–Crippen MR) is 70.6 cm³/mol. The van der Waals surface area contributed by atoms with Gasteiger partial charge in [0.15, 0.2) is 0 Å². The third-order valence-corrected chi connectivity index (χ3v) is 2.53. The lowest BCUT2D eigenvalue weighted by molar-refractivity contribution is -0.143. The largest absolute Gasteiger partial charge is 0.466 e. The highest BCUT2D eigenvalue weighted by molar-refractivity contribution is 5.69. The lowest BCUT2D eigenvalue weighted by Crippen LogP contribution is -2.28. The Morgan fingerprint density at radius 1 is 1.35 bits per heavy atom. The third kappa shape index (κ3) is 9.89. The second-order valence-corrected chi connectivity index (χ2v) is 4.08. The minimum Gasteiger partial charge on any atom is -0.466 e. The summed E-state index contributed by atoms with van der Waals surface area (Å²) in [4.78, 5) is 11.1. The van der Waals surface area contributed by atoms with Crippen LogP contribution in [0.2, 0.25) is 0 Å². The van der Waals surface area contributed by atoms with E-state index in [0.29, 0.717) is 13.0 Å². The van der Waals surface area contributed by atoms with Crippen molar-refractivity contribution < 1.29 is 9.53 Å². The molecule has 0 aliphatic rings. The molecule has 0 radical (unpaired) electrons. The Hall–Kier alpha value is -1.01. The second kappa shape index (κ2) is 11.5. The predicted octanol–water partition coefficient (Wildman–Crippen LogP) is 2.50. The molecule has 1 unspecified atom stereocenters. The van der Waals surface area contributed by atoms with E-state index in [9.17, 15) is 4.79 Å². The van der Waals surface area contributed by atoms with Gasteiger partial charge >= 0.3 is 5.97 Å². The number of carbonyl (C=O) groups excluding carboxylic acids is 1. The van der Waals surface area contributed by atoms with Crippen molar-refractivity contribution in [3.63, 3.8) is 0 Å². The standard InChI is InChI=1S/C14H25NO2/c1-4-10-13(5-2)15-12-9-7-8-11-14(16)17-6-3/h2,13,15H,4,6-12H2,1,3H3. The van der Waals surface area contributed by atoms with Crippen LogP contribution in [0.25, 0.3) is 0 Å². The van der Waals surface area contributed by atoms with Crippen LogP contribution in [0.1, 0.15) is 52.4 Å². The van der Waals surface area contributed by atoms with Crippen LogP contribution in [-0.2, 0) is 9.53 Å². The molecule has 0 amide bonds. The van der Waals surface area contributed by atoms with Crippen molar-refractivity contribution in [3.05, 3.63) is 0 Å². The molecule has 0 rings (SSSR count). The van der Waals surface area contributed by atoms with Crippen molar-refractivity contribution in [1.82, 2.24) is 5.32 Å². The number of ether oxygens (including phenoxy) is 1. The molecule has 0 fully saturated rings. The van der Waals surface area contributed by atoms with Crippen molar-refractivity contribution >= 4 is 5.97 Å². The Morgan fingerprint density at radius 2 is 2.12 bits per heavy atom. The van der Waals surface area contributed by atoms with Crippen LogP contribution in [0.15, 0.2) is 0 Å². The molecule has 0 aromatic heterocycles. The van der Waals surface area contributed by atoms with Crippen LogP contribution >= 0.6 is 0 Å². The van der Waals surface area contributed by atoms with Crippen molar-refractivity contribution in [3.8, 4) is 12.3 Å². The van der Waals surface area contributed by atoms with Crippen LogP contribution in [0.4, 0.5) is 0 Å². The molecule has 98 valence electrons. The van der Waals surface area contributed by atoms with E-state index in [4.69, 9.17) is 11.2 Å². The van der Waals surface area contributed by atoms with Gasteiger partial charge in [-0.3, -0.25) is 4.79 Å². The van der Waals surface area contributed by atoms with E-state index in [0.717, 1.165) is 38.6 Å². The fourth-order valence-corrected chi connectivity index (χ4v) is 1.61. The van der Waals surface area contributed by atoms with E-state index < -0.39 is 0 Å². The molecule has 0 saturated heterocycles. The topological polar surface area (TPSA) is 38.3 Å². The summed E-state index contributed by atoms with van der Waals surface area (Å²) in [6.07, 6.45) is 11.0. The summed E-state index contributed by atoms with van der Waals surface area (Å²) >= 11 is 0. The van der Waals surface area contributed by atoms with Crippen molar-refractivity contribution in [2.24, 2.45) is 0 Å². The number of rotatable bonds is 10. The molecule has 0 aliphatic carbocycles. The van der Waals surface area contributed by atoms with Crippen LogP contribution in [0, 0.1) is 12.3 Å². The molecule has 3 nitrogen and oxygen atoms in total. The Bertz CT molecular complexity index is 233. The Balaban J connectivity index is 3.34. The van der Waals surface area contributed by atoms with Gasteiger partial charge in [0.1, 0.15) is 0 Å². The van der Waals surface area contributed by atoms with Gasteiger partial charge in [-0.05, 0) is 32.7 Å². The lowest BCUT2D eigenvalue weighted by atomic mass is 10.1. The third-order valence-electron chi connectivity index (χ3n) is 2.53. The van der Waals surface area contributed by atoms with Crippen LogP contribution in [0.5, 0.6) is 0 Å². The van der Waals surface area contributed by atoms with Crippen LogP contribution < -0.4 is 5.32 Å². The molecule has 0 aliphatic heterocycles. The zero-order valence-corrected chi connectivity index (χ0v) is 11.1. The highest BCUT2D eigenvalue weighted by Crippen LogP contribution is 2.01. The number of unbranched alkanes of at least 4 members (excludes halogenated alkanes) is 2. The number of carbonyl (C=O) groups is 1. The molecule has 0 spiro atoms. The smallest absolute Gasteiger partial charge is 0.305 e. The second-order valence-electron chi connectivity index (χ2n) is 4.08. The van der Waals surface area contributed by atoms with E-state index in [-0.39, 0.29) is 12.0 Å². The van der Waals surface area contributed by atoms with Crippen LogP contribution in [-0.4, -0.2) is 25.2 Å². The number of nitrogens with one attached hydrogen (secondary N) is 1. The number of terminal acetylenes is 1. The number of esters is 1. The van der Waals surface area contributed by atoms with Gasteiger partial charge in [0, 0.05) is 6.42 Å². The molecule has 0 aromatic carbocycles. The molecule has 1 atom stereocenters.